The molecular formula is C10H12ClNO2. The average Bonchev–Trinajstić information content (AvgIpc) is 2.41. The van der Waals surface area contributed by atoms with E-state index in [9.17, 15) is 4.79 Å². The maximum Gasteiger partial charge on any atom is 0.255 e. The molecule has 0 aromatic carbocycles. The zero-order valence-electron chi connectivity index (χ0n) is 8.19. The second-order valence-corrected chi connectivity index (χ2v) is 3.56. The second-order valence-electron chi connectivity index (χ2n) is 3.03. The van der Waals surface area contributed by atoms with E-state index in [0.717, 1.165) is 5.76 Å². The van der Waals surface area contributed by atoms with Crippen LogP contribution in [0.1, 0.15) is 21.9 Å². The minimum absolute atomic E-state index is 0.193. The van der Waals surface area contributed by atoms with Gasteiger partial charge in [0.25, 0.3) is 5.91 Å². The molecule has 1 aromatic heterocycles. The summed E-state index contributed by atoms with van der Waals surface area (Å²) < 4.78 is 5.23. The maximum atomic E-state index is 11.5. The molecule has 0 atom stereocenters. The van der Waals surface area contributed by atoms with Gasteiger partial charge in [-0.3, -0.25) is 4.79 Å². The highest BCUT2D eigenvalue weighted by atomic mass is 35.5. The first kappa shape index (κ1) is 10.9. The van der Waals surface area contributed by atoms with Crippen molar-refractivity contribution in [2.75, 3.05) is 6.54 Å². The SMILES string of the molecule is C=C(Cl)CNC(=O)c1cc(C)oc1C. The molecule has 0 unspecified atom stereocenters. The average molecular weight is 214 g/mol. The Morgan fingerprint density at radius 1 is 1.64 bits per heavy atom. The molecule has 14 heavy (non-hydrogen) atoms. The van der Waals surface area contributed by atoms with Crippen molar-refractivity contribution in [1.82, 2.24) is 5.32 Å². The first-order chi connectivity index (χ1) is 6.50. The Balaban J connectivity index is 2.69. The highest BCUT2D eigenvalue weighted by Gasteiger charge is 2.12. The molecule has 4 heteroatoms. The number of halogens is 1. The Morgan fingerprint density at radius 3 is 2.71 bits per heavy atom. The smallest absolute Gasteiger partial charge is 0.255 e. The molecule has 1 N–H and O–H groups in total. The lowest BCUT2D eigenvalue weighted by molar-refractivity contribution is 0.0956. The second kappa shape index (κ2) is 4.33. The van der Waals surface area contributed by atoms with Crippen LogP contribution in [-0.2, 0) is 0 Å². The molecule has 3 nitrogen and oxygen atoms in total. The van der Waals surface area contributed by atoms with Crippen LogP contribution < -0.4 is 5.32 Å². The number of hydrogen-bond acceptors (Lipinski definition) is 2. The van der Waals surface area contributed by atoms with Crippen LogP contribution in [0.4, 0.5) is 0 Å². The third-order valence-electron chi connectivity index (χ3n) is 1.73. The van der Waals surface area contributed by atoms with Crippen LogP contribution in [0.25, 0.3) is 0 Å². The summed E-state index contributed by atoms with van der Waals surface area (Å²) in [5, 5.41) is 3.02. The lowest BCUT2D eigenvalue weighted by Gasteiger charge is -2.01. The molecular weight excluding hydrogens is 202 g/mol. The summed E-state index contributed by atoms with van der Waals surface area (Å²) in [7, 11) is 0. The molecule has 0 aliphatic rings. The van der Waals surface area contributed by atoms with E-state index in [-0.39, 0.29) is 12.5 Å². The topological polar surface area (TPSA) is 42.2 Å². The monoisotopic (exact) mass is 213 g/mol. The Hall–Kier alpha value is -1.22. The van der Waals surface area contributed by atoms with Gasteiger partial charge >= 0.3 is 0 Å². The molecule has 0 spiro atoms. The first-order valence-corrected chi connectivity index (χ1v) is 4.57. The summed E-state index contributed by atoms with van der Waals surface area (Å²) >= 11 is 5.52. The third kappa shape index (κ3) is 2.64. The van der Waals surface area contributed by atoms with Crippen LogP contribution in [0.5, 0.6) is 0 Å². The van der Waals surface area contributed by atoms with Crippen LogP contribution in [0, 0.1) is 13.8 Å². The molecule has 1 amide bonds. The number of carbonyl (C=O) groups excluding carboxylic acids is 1. The van der Waals surface area contributed by atoms with Crippen molar-refractivity contribution in [3.8, 4) is 0 Å². The molecule has 0 bridgehead atoms. The van der Waals surface area contributed by atoms with Crippen molar-refractivity contribution < 1.29 is 9.21 Å². The normalized spacial score (nSPS) is 9.93. The molecule has 0 aliphatic heterocycles. The molecule has 1 aromatic rings. The van der Waals surface area contributed by atoms with Crippen molar-refractivity contribution in [2.24, 2.45) is 0 Å². The summed E-state index contributed by atoms with van der Waals surface area (Å²) in [6, 6.07) is 1.70. The van der Waals surface area contributed by atoms with Gasteiger partial charge in [-0.15, -0.1) is 0 Å². The highest BCUT2D eigenvalue weighted by Crippen LogP contribution is 2.13. The van der Waals surface area contributed by atoms with Gasteiger partial charge in [0.05, 0.1) is 12.1 Å². The van der Waals surface area contributed by atoms with Gasteiger partial charge in [0.15, 0.2) is 0 Å². The van der Waals surface area contributed by atoms with Crippen molar-refractivity contribution in [3.05, 3.63) is 34.8 Å². The molecule has 0 saturated heterocycles. The molecule has 76 valence electrons. The van der Waals surface area contributed by atoms with Crippen molar-refractivity contribution in [2.45, 2.75) is 13.8 Å². The number of nitrogens with one attached hydrogen (secondary N) is 1. The number of furan rings is 1. The van der Waals surface area contributed by atoms with Gasteiger partial charge in [-0.1, -0.05) is 18.2 Å². The van der Waals surface area contributed by atoms with Crippen LogP contribution in [-0.4, -0.2) is 12.5 Å². The minimum atomic E-state index is -0.193. The Bertz CT molecular complexity index is 368. The van der Waals surface area contributed by atoms with Gasteiger partial charge in [0.2, 0.25) is 0 Å². The lowest BCUT2D eigenvalue weighted by atomic mass is 10.2. The summed E-state index contributed by atoms with van der Waals surface area (Å²) in [6.07, 6.45) is 0. The predicted molar refractivity (Wildman–Crippen MR) is 55.5 cm³/mol. The van der Waals surface area contributed by atoms with Crippen LogP contribution >= 0.6 is 11.6 Å². The fourth-order valence-corrected chi connectivity index (χ4v) is 1.19. The van der Waals surface area contributed by atoms with Crippen molar-refractivity contribution >= 4 is 17.5 Å². The Morgan fingerprint density at radius 2 is 2.29 bits per heavy atom. The van der Waals surface area contributed by atoms with E-state index in [0.29, 0.717) is 16.4 Å². The van der Waals surface area contributed by atoms with Crippen LogP contribution in [0.2, 0.25) is 0 Å². The van der Waals surface area contributed by atoms with E-state index < -0.39 is 0 Å². The standard InChI is InChI=1S/C10H12ClNO2/c1-6(11)5-12-10(13)9-4-7(2)14-8(9)3/h4H,1,5H2,2-3H3,(H,12,13). The number of hydrogen-bond donors (Lipinski definition) is 1. The molecule has 1 heterocycles. The van der Waals surface area contributed by atoms with E-state index in [4.69, 9.17) is 16.0 Å². The summed E-state index contributed by atoms with van der Waals surface area (Å²) in [6.45, 7) is 7.29. The fourth-order valence-electron chi connectivity index (χ4n) is 1.13. The van der Waals surface area contributed by atoms with Gasteiger partial charge < -0.3 is 9.73 Å². The lowest BCUT2D eigenvalue weighted by Crippen LogP contribution is -2.24. The highest BCUT2D eigenvalue weighted by molar-refractivity contribution is 6.29. The number of aryl methyl sites for hydroxylation is 2. The van der Waals surface area contributed by atoms with Gasteiger partial charge in [-0.25, -0.2) is 0 Å². The summed E-state index contributed by atoms with van der Waals surface area (Å²) in [5.74, 6) is 1.14. The summed E-state index contributed by atoms with van der Waals surface area (Å²) in [5.41, 5.74) is 0.542. The van der Waals surface area contributed by atoms with Gasteiger partial charge in [0, 0.05) is 5.03 Å². The largest absolute Gasteiger partial charge is 0.466 e. The van der Waals surface area contributed by atoms with E-state index in [1.807, 2.05) is 0 Å². The zero-order chi connectivity index (χ0) is 10.7. The molecule has 0 saturated carbocycles. The van der Waals surface area contributed by atoms with E-state index >= 15 is 0 Å². The Kier molecular flexibility index (Phi) is 3.36. The molecule has 0 aliphatic carbocycles. The van der Waals surface area contributed by atoms with E-state index in [1.54, 1.807) is 19.9 Å². The van der Waals surface area contributed by atoms with Gasteiger partial charge in [0.1, 0.15) is 11.5 Å². The number of carbonyl (C=O) groups is 1. The maximum absolute atomic E-state index is 11.5. The third-order valence-corrected chi connectivity index (χ3v) is 1.86. The van der Waals surface area contributed by atoms with Crippen molar-refractivity contribution in [1.29, 1.82) is 0 Å². The predicted octanol–water partition coefficient (Wildman–Crippen LogP) is 2.38. The van der Waals surface area contributed by atoms with E-state index in [1.165, 1.54) is 0 Å². The van der Waals surface area contributed by atoms with Gasteiger partial charge in [-0.2, -0.15) is 0 Å². The van der Waals surface area contributed by atoms with Gasteiger partial charge in [-0.05, 0) is 19.9 Å². The van der Waals surface area contributed by atoms with E-state index in [2.05, 4.69) is 11.9 Å². The first-order valence-electron chi connectivity index (χ1n) is 4.19. The molecule has 0 radical (unpaired) electrons. The zero-order valence-corrected chi connectivity index (χ0v) is 8.94. The van der Waals surface area contributed by atoms with Crippen LogP contribution in [0.3, 0.4) is 0 Å². The molecule has 1 rings (SSSR count). The number of amides is 1. The Labute approximate surface area is 87.7 Å². The van der Waals surface area contributed by atoms with Crippen molar-refractivity contribution in [3.63, 3.8) is 0 Å². The fraction of sp³-hybridized carbons (Fsp3) is 0.300. The summed E-state index contributed by atoms with van der Waals surface area (Å²) in [4.78, 5) is 11.5. The van der Waals surface area contributed by atoms with Crippen LogP contribution in [0.15, 0.2) is 22.1 Å². The molecule has 0 fully saturated rings. The minimum Gasteiger partial charge on any atom is -0.466 e. The number of rotatable bonds is 3. The quantitative estimate of drug-likeness (QED) is 0.838.